The van der Waals surface area contributed by atoms with Gasteiger partial charge in [-0.15, -0.1) is 0 Å². The third kappa shape index (κ3) is 6.76. The van der Waals surface area contributed by atoms with Gasteiger partial charge in [0.05, 0.1) is 11.7 Å². The Morgan fingerprint density at radius 2 is 1.59 bits per heavy atom. The molecule has 0 radical (unpaired) electrons. The lowest BCUT2D eigenvalue weighted by Crippen LogP contribution is -2.41. The minimum atomic E-state index is -0.540. The van der Waals surface area contributed by atoms with Gasteiger partial charge >= 0.3 is 12.1 Å². The Hall–Kier alpha value is -5.11. The van der Waals surface area contributed by atoms with E-state index < -0.39 is 11.6 Å². The molecule has 1 aliphatic heterocycles. The van der Waals surface area contributed by atoms with Crippen molar-refractivity contribution in [1.29, 1.82) is 0 Å². The summed E-state index contributed by atoms with van der Waals surface area (Å²) in [5.41, 5.74) is 6.38. The van der Waals surface area contributed by atoms with Crippen molar-refractivity contribution in [2.24, 2.45) is 0 Å². The Morgan fingerprint density at radius 3 is 2.26 bits per heavy atom. The summed E-state index contributed by atoms with van der Waals surface area (Å²) < 4.78 is 19.7. The van der Waals surface area contributed by atoms with Gasteiger partial charge in [0, 0.05) is 42.2 Å². The van der Waals surface area contributed by atoms with Crippen LogP contribution in [0.25, 0.3) is 22.2 Å². The number of fused-ring (bicyclic) bond motifs is 3. The highest BCUT2D eigenvalue weighted by atomic mass is 16.6. The molecule has 0 fully saturated rings. The Balaban J connectivity index is 1.26. The minimum absolute atomic E-state index is 0.0244. The van der Waals surface area contributed by atoms with E-state index in [-0.39, 0.29) is 36.8 Å². The van der Waals surface area contributed by atoms with Crippen molar-refractivity contribution in [3.63, 3.8) is 0 Å². The molecule has 1 atom stereocenters. The van der Waals surface area contributed by atoms with Gasteiger partial charge in [0.15, 0.2) is 0 Å². The number of nitrogens with zero attached hydrogens (tertiary/aromatic N) is 3. The van der Waals surface area contributed by atoms with E-state index in [2.05, 4.69) is 22.8 Å². The third-order valence-electron chi connectivity index (χ3n) is 8.16. The van der Waals surface area contributed by atoms with E-state index >= 15 is 0 Å². The molecular weight excluding hydrogens is 578 g/mol. The second kappa shape index (κ2) is 12.7. The third-order valence-corrected chi connectivity index (χ3v) is 8.16. The Morgan fingerprint density at radius 1 is 0.913 bits per heavy atom. The molecule has 0 aliphatic carbocycles. The van der Waals surface area contributed by atoms with Crippen LogP contribution >= 0.6 is 0 Å². The summed E-state index contributed by atoms with van der Waals surface area (Å²) in [4.78, 5) is 32.6. The molecule has 2 aromatic heterocycles. The molecule has 0 N–H and O–H groups in total. The number of aryl methyl sites for hydroxylation is 1. The first-order valence-corrected chi connectivity index (χ1v) is 15.5. The molecule has 8 nitrogen and oxygen atoms in total. The zero-order valence-electron chi connectivity index (χ0n) is 26.9. The highest BCUT2D eigenvalue weighted by Crippen LogP contribution is 2.34. The molecule has 3 aromatic carbocycles. The smallest absolute Gasteiger partial charge is 0.410 e. The van der Waals surface area contributed by atoms with Gasteiger partial charge in [-0.25, -0.2) is 14.6 Å². The quantitative estimate of drug-likeness (QED) is 0.166. The zero-order chi connectivity index (χ0) is 32.4. The van der Waals surface area contributed by atoms with Gasteiger partial charge in [-0.2, -0.15) is 0 Å². The number of esters is 1. The van der Waals surface area contributed by atoms with Crippen LogP contribution in [0.2, 0.25) is 0 Å². The molecule has 0 saturated carbocycles. The first kappa shape index (κ1) is 30.9. The van der Waals surface area contributed by atoms with Crippen molar-refractivity contribution >= 4 is 23.0 Å². The van der Waals surface area contributed by atoms with Crippen molar-refractivity contribution < 1.29 is 23.8 Å². The SMILES string of the molecule is Cc1cc(C(=O)OCc2ccccc2)c(OCc2ccccc2)nc1-c1ccc2c(c1)cc1n2CC(N(C)C(=O)OC(C)(C)C)C1. The van der Waals surface area contributed by atoms with Gasteiger partial charge in [0.2, 0.25) is 5.88 Å². The van der Waals surface area contributed by atoms with E-state index in [4.69, 9.17) is 19.2 Å². The van der Waals surface area contributed by atoms with Crippen LogP contribution in [0, 0.1) is 6.92 Å². The normalized spacial score (nSPS) is 14.2. The van der Waals surface area contributed by atoms with E-state index in [1.807, 2.05) is 94.4 Å². The lowest BCUT2D eigenvalue weighted by molar-refractivity contribution is 0.0222. The fourth-order valence-corrected chi connectivity index (χ4v) is 5.79. The molecule has 6 rings (SSSR count). The van der Waals surface area contributed by atoms with Gasteiger partial charge < -0.3 is 23.7 Å². The van der Waals surface area contributed by atoms with E-state index in [0.29, 0.717) is 6.54 Å². The standard InChI is InChI=1S/C38H39N3O5/c1-25-18-32(36(42)45-24-27-14-10-7-11-15-27)35(44-23-26-12-8-6-9-13-26)39-34(25)28-16-17-33-29(19-28)20-30-21-31(22-41(30)33)40(5)37(43)46-38(2,3)4/h6-20,31H,21-24H2,1-5H3. The van der Waals surface area contributed by atoms with Crippen molar-refractivity contribution in [1.82, 2.24) is 14.5 Å². The predicted molar refractivity (Wildman–Crippen MR) is 178 cm³/mol. The van der Waals surface area contributed by atoms with Crippen LogP contribution in [0.3, 0.4) is 0 Å². The fourth-order valence-electron chi connectivity index (χ4n) is 5.79. The summed E-state index contributed by atoms with van der Waals surface area (Å²) in [5, 5.41) is 1.09. The summed E-state index contributed by atoms with van der Waals surface area (Å²) >= 11 is 0. The first-order valence-electron chi connectivity index (χ1n) is 15.5. The molecule has 0 bridgehead atoms. The fraction of sp³-hybridized carbons (Fsp3) is 0.289. The molecule has 0 spiro atoms. The minimum Gasteiger partial charge on any atom is -0.472 e. The van der Waals surface area contributed by atoms with Gasteiger partial charge in [0.25, 0.3) is 0 Å². The molecule has 1 amide bonds. The van der Waals surface area contributed by atoms with Crippen molar-refractivity contribution in [2.45, 2.75) is 65.5 Å². The maximum absolute atomic E-state index is 13.3. The largest absolute Gasteiger partial charge is 0.472 e. The molecule has 1 unspecified atom stereocenters. The van der Waals surface area contributed by atoms with Crippen LogP contribution in [0.1, 0.15) is 53.5 Å². The van der Waals surface area contributed by atoms with Crippen molar-refractivity contribution in [2.75, 3.05) is 7.05 Å². The van der Waals surface area contributed by atoms with Crippen LogP contribution in [0.4, 0.5) is 4.79 Å². The Labute approximate surface area is 269 Å². The van der Waals surface area contributed by atoms with Crippen LogP contribution in [-0.2, 0) is 35.7 Å². The summed E-state index contributed by atoms with van der Waals surface area (Å²) in [6, 6.07) is 29.6. The van der Waals surface area contributed by atoms with Gasteiger partial charge in [-0.1, -0.05) is 66.7 Å². The van der Waals surface area contributed by atoms with Crippen LogP contribution < -0.4 is 4.74 Å². The molecule has 0 saturated heterocycles. The molecule has 46 heavy (non-hydrogen) atoms. The zero-order valence-corrected chi connectivity index (χ0v) is 26.9. The number of carbonyl (C=O) groups is 2. The van der Waals surface area contributed by atoms with Crippen LogP contribution in [0.5, 0.6) is 5.88 Å². The number of rotatable bonds is 8. The molecule has 3 heterocycles. The number of pyridine rings is 1. The van der Waals surface area contributed by atoms with Gasteiger partial charge in [0.1, 0.15) is 24.4 Å². The number of carbonyl (C=O) groups excluding carboxylic acids is 2. The topological polar surface area (TPSA) is 82.9 Å². The van der Waals surface area contributed by atoms with Crippen LogP contribution in [0.15, 0.2) is 91.0 Å². The summed E-state index contributed by atoms with van der Waals surface area (Å²) in [7, 11) is 1.80. The predicted octanol–water partition coefficient (Wildman–Crippen LogP) is 7.74. The summed E-state index contributed by atoms with van der Waals surface area (Å²) in [5.74, 6) is -0.255. The lowest BCUT2D eigenvalue weighted by atomic mass is 10.0. The van der Waals surface area contributed by atoms with Gasteiger partial charge in [-0.3, -0.25) is 0 Å². The van der Waals surface area contributed by atoms with Crippen LogP contribution in [-0.4, -0.2) is 45.2 Å². The molecule has 5 aromatic rings. The number of hydrogen-bond acceptors (Lipinski definition) is 6. The second-order valence-electron chi connectivity index (χ2n) is 12.8. The lowest BCUT2D eigenvalue weighted by Gasteiger charge is -2.28. The average molecular weight is 618 g/mol. The van der Waals surface area contributed by atoms with E-state index in [0.717, 1.165) is 45.3 Å². The molecular formula is C38H39N3O5. The van der Waals surface area contributed by atoms with E-state index in [9.17, 15) is 9.59 Å². The average Bonchev–Trinajstić information content (AvgIpc) is 3.60. The summed E-state index contributed by atoms with van der Waals surface area (Å²) in [6.07, 6.45) is 0.433. The highest BCUT2D eigenvalue weighted by Gasteiger charge is 2.31. The highest BCUT2D eigenvalue weighted by molar-refractivity contribution is 5.93. The van der Waals surface area contributed by atoms with Crippen molar-refractivity contribution in [3.05, 3.63) is 119 Å². The van der Waals surface area contributed by atoms with E-state index in [1.54, 1.807) is 18.0 Å². The maximum atomic E-state index is 13.3. The molecule has 8 heteroatoms. The number of hydrogen-bond donors (Lipinski definition) is 0. The molecule has 236 valence electrons. The monoisotopic (exact) mass is 617 g/mol. The Bertz CT molecular complexity index is 1880. The van der Waals surface area contributed by atoms with Crippen molar-refractivity contribution in [3.8, 4) is 17.1 Å². The summed E-state index contributed by atoms with van der Waals surface area (Å²) in [6.45, 7) is 8.69. The van der Waals surface area contributed by atoms with Gasteiger partial charge in [-0.05, 0) is 68.7 Å². The number of ether oxygens (including phenoxy) is 3. The first-order chi connectivity index (χ1) is 22.1. The Kier molecular flexibility index (Phi) is 8.54. The van der Waals surface area contributed by atoms with E-state index in [1.165, 1.54) is 5.69 Å². The number of amides is 1. The molecule has 1 aliphatic rings. The second-order valence-corrected chi connectivity index (χ2v) is 12.8. The number of aromatic nitrogens is 2. The maximum Gasteiger partial charge on any atom is 0.410 e. The number of likely N-dealkylation sites (N-methyl/N-ethyl adjacent to an activating group) is 1. The number of benzene rings is 3.